The van der Waals surface area contributed by atoms with E-state index in [0.717, 1.165) is 24.3 Å². The van der Waals surface area contributed by atoms with Gasteiger partial charge in [0, 0.05) is 39.4 Å². The van der Waals surface area contributed by atoms with Gasteiger partial charge in [0.05, 0.1) is 12.3 Å². The van der Waals surface area contributed by atoms with Crippen molar-refractivity contribution in [3.05, 3.63) is 29.6 Å². The molecule has 0 saturated heterocycles. The number of hydrogen-bond acceptors (Lipinski definition) is 5. The number of hydrogen-bond donors (Lipinski definition) is 2. The standard InChI is InChI=1S/C13H22N4O2/c1-11-4-3-6-15-12(11)10-17(8-9-19-2)7-5-13(14)16-18/h3-4,6,18H,5,7-10H2,1-2H3,(H2,14,16). The van der Waals surface area contributed by atoms with Crippen LogP contribution < -0.4 is 5.73 Å². The average molecular weight is 266 g/mol. The molecule has 6 heteroatoms. The number of nitrogens with two attached hydrogens (primary N) is 1. The van der Waals surface area contributed by atoms with Crippen LogP contribution in [0.3, 0.4) is 0 Å². The molecule has 0 radical (unpaired) electrons. The average Bonchev–Trinajstić information content (AvgIpc) is 2.43. The van der Waals surface area contributed by atoms with Gasteiger partial charge in [0.25, 0.3) is 0 Å². The lowest BCUT2D eigenvalue weighted by molar-refractivity contribution is 0.144. The van der Waals surface area contributed by atoms with E-state index in [4.69, 9.17) is 15.7 Å². The predicted octanol–water partition coefficient (Wildman–Crippen LogP) is 0.975. The molecule has 0 aromatic carbocycles. The van der Waals surface area contributed by atoms with Gasteiger partial charge in [0.2, 0.25) is 0 Å². The number of nitrogens with zero attached hydrogens (tertiary/aromatic N) is 3. The molecular weight excluding hydrogens is 244 g/mol. The number of rotatable bonds is 8. The molecule has 0 fully saturated rings. The third-order valence-electron chi connectivity index (χ3n) is 2.92. The largest absolute Gasteiger partial charge is 0.409 e. The van der Waals surface area contributed by atoms with Crippen LogP contribution in [0.4, 0.5) is 0 Å². The first kappa shape index (κ1) is 15.4. The summed E-state index contributed by atoms with van der Waals surface area (Å²) in [6, 6.07) is 3.97. The maximum atomic E-state index is 8.56. The lowest BCUT2D eigenvalue weighted by atomic mass is 10.2. The molecule has 106 valence electrons. The molecule has 3 N–H and O–H groups in total. The number of pyridine rings is 1. The second-order valence-electron chi connectivity index (χ2n) is 4.38. The Morgan fingerprint density at radius 3 is 2.95 bits per heavy atom. The maximum Gasteiger partial charge on any atom is 0.140 e. The van der Waals surface area contributed by atoms with Gasteiger partial charge in [0.1, 0.15) is 5.84 Å². The van der Waals surface area contributed by atoms with E-state index in [1.54, 1.807) is 13.3 Å². The minimum absolute atomic E-state index is 0.236. The summed E-state index contributed by atoms with van der Waals surface area (Å²) in [7, 11) is 1.67. The topological polar surface area (TPSA) is 84.0 Å². The minimum atomic E-state index is 0.236. The lowest BCUT2D eigenvalue weighted by Crippen LogP contribution is -2.31. The molecule has 0 spiro atoms. The van der Waals surface area contributed by atoms with Gasteiger partial charge in [-0.25, -0.2) is 0 Å². The predicted molar refractivity (Wildman–Crippen MR) is 74.2 cm³/mol. The lowest BCUT2D eigenvalue weighted by Gasteiger charge is -2.22. The number of amidine groups is 1. The molecule has 6 nitrogen and oxygen atoms in total. The van der Waals surface area contributed by atoms with Crippen molar-refractivity contribution in [1.29, 1.82) is 0 Å². The van der Waals surface area contributed by atoms with Crippen molar-refractivity contribution < 1.29 is 9.94 Å². The quantitative estimate of drug-likeness (QED) is 0.317. The van der Waals surface area contributed by atoms with E-state index in [-0.39, 0.29) is 5.84 Å². The highest BCUT2D eigenvalue weighted by atomic mass is 16.5. The maximum absolute atomic E-state index is 8.56. The van der Waals surface area contributed by atoms with Crippen LogP contribution in [-0.4, -0.2) is 47.7 Å². The smallest absolute Gasteiger partial charge is 0.140 e. The minimum Gasteiger partial charge on any atom is -0.409 e. The van der Waals surface area contributed by atoms with Gasteiger partial charge in [-0.15, -0.1) is 0 Å². The molecule has 0 bridgehead atoms. The molecule has 0 atom stereocenters. The fraction of sp³-hybridized carbons (Fsp3) is 0.538. The zero-order chi connectivity index (χ0) is 14.1. The highest BCUT2D eigenvalue weighted by Crippen LogP contribution is 2.07. The Labute approximate surface area is 113 Å². The van der Waals surface area contributed by atoms with E-state index in [9.17, 15) is 0 Å². The van der Waals surface area contributed by atoms with E-state index in [1.807, 2.05) is 19.1 Å². The summed E-state index contributed by atoms with van der Waals surface area (Å²) < 4.78 is 5.10. The van der Waals surface area contributed by atoms with Crippen molar-refractivity contribution >= 4 is 5.84 Å². The van der Waals surface area contributed by atoms with Crippen LogP contribution in [0.25, 0.3) is 0 Å². The fourth-order valence-electron chi connectivity index (χ4n) is 1.71. The van der Waals surface area contributed by atoms with Gasteiger partial charge in [-0.05, 0) is 18.6 Å². The van der Waals surface area contributed by atoms with Crippen LogP contribution in [0.5, 0.6) is 0 Å². The van der Waals surface area contributed by atoms with Crippen LogP contribution in [0.1, 0.15) is 17.7 Å². The Hall–Kier alpha value is -1.66. The summed E-state index contributed by atoms with van der Waals surface area (Å²) in [5.41, 5.74) is 7.70. The highest BCUT2D eigenvalue weighted by molar-refractivity contribution is 5.79. The third-order valence-corrected chi connectivity index (χ3v) is 2.92. The van der Waals surface area contributed by atoms with Crippen LogP contribution in [0.2, 0.25) is 0 Å². The van der Waals surface area contributed by atoms with E-state index < -0.39 is 0 Å². The summed E-state index contributed by atoms with van der Waals surface area (Å²) in [5, 5.41) is 11.6. The number of aryl methyl sites for hydroxylation is 1. The van der Waals surface area contributed by atoms with Crippen LogP contribution in [0.15, 0.2) is 23.5 Å². The number of methoxy groups -OCH3 is 1. The number of oxime groups is 1. The van der Waals surface area contributed by atoms with Gasteiger partial charge >= 0.3 is 0 Å². The summed E-state index contributed by atoms with van der Waals surface area (Å²) in [4.78, 5) is 6.56. The summed E-state index contributed by atoms with van der Waals surface area (Å²) in [6.07, 6.45) is 2.31. The molecule has 0 amide bonds. The van der Waals surface area contributed by atoms with Gasteiger partial charge in [-0.2, -0.15) is 0 Å². The third kappa shape index (κ3) is 5.67. The van der Waals surface area contributed by atoms with E-state index in [0.29, 0.717) is 19.6 Å². The molecule has 0 aliphatic rings. The molecule has 1 aromatic heterocycles. The zero-order valence-electron chi connectivity index (χ0n) is 11.5. The summed E-state index contributed by atoms with van der Waals surface area (Å²) in [5.74, 6) is 0.236. The Balaban J connectivity index is 2.61. The Morgan fingerprint density at radius 2 is 2.32 bits per heavy atom. The van der Waals surface area contributed by atoms with Crippen molar-refractivity contribution in [1.82, 2.24) is 9.88 Å². The monoisotopic (exact) mass is 266 g/mol. The van der Waals surface area contributed by atoms with Gasteiger partial charge < -0.3 is 15.7 Å². The summed E-state index contributed by atoms with van der Waals surface area (Å²) in [6.45, 7) is 4.90. The number of ether oxygens (including phenoxy) is 1. The Bertz CT molecular complexity index is 409. The van der Waals surface area contributed by atoms with Gasteiger partial charge in [-0.3, -0.25) is 9.88 Å². The molecular formula is C13H22N4O2. The summed E-state index contributed by atoms with van der Waals surface area (Å²) >= 11 is 0. The molecule has 1 aromatic rings. The number of aromatic nitrogens is 1. The first-order chi connectivity index (χ1) is 9.17. The SMILES string of the molecule is COCCN(CC/C(N)=N/O)Cc1ncccc1C. The molecule has 0 aliphatic heterocycles. The molecule has 0 unspecified atom stereocenters. The fourth-order valence-corrected chi connectivity index (χ4v) is 1.71. The van der Waals surface area contributed by atoms with Crippen molar-refractivity contribution in [3.63, 3.8) is 0 Å². The van der Waals surface area contributed by atoms with Gasteiger partial charge in [-0.1, -0.05) is 11.2 Å². The van der Waals surface area contributed by atoms with Crippen molar-refractivity contribution in [2.45, 2.75) is 19.9 Å². The molecule has 0 saturated carbocycles. The van der Waals surface area contributed by atoms with Crippen LogP contribution in [-0.2, 0) is 11.3 Å². The van der Waals surface area contributed by atoms with Crippen molar-refractivity contribution in [2.75, 3.05) is 26.8 Å². The molecule has 1 heterocycles. The van der Waals surface area contributed by atoms with Crippen molar-refractivity contribution in [3.8, 4) is 0 Å². The van der Waals surface area contributed by atoms with E-state index >= 15 is 0 Å². The van der Waals surface area contributed by atoms with Gasteiger partial charge in [0.15, 0.2) is 0 Å². The van der Waals surface area contributed by atoms with Crippen LogP contribution in [0, 0.1) is 6.92 Å². The Morgan fingerprint density at radius 1 is 1.53 bits per heavy atom. The first-order valence-electron chi connectivity index (χ1n) is 6.25. The van der Waals surface area contributed by atoms with Crippen LogP contribution >= 0.6 is 0 Å². The second-order valence-corrected chi connectivity index (χ2v) is 4.38. The first-order valence-corrected chi connectivity index (χ1v) is 6.25. The van der Waals surface area contributed by atoms with E-state index in [1.165, 1.54) is 0 Å². The Kier molecular flexibility index (Phi) is 6.84. The normalized spacial score (nSPS) is 12.1. The molecule has 19 heavy (non-hydrogen) atoms. The second kappa shape index (κ2) is 8.44. The molecule has 1 rings (SSSR count). The van der Waals surface area contributed by atoms with E-state index in [2.05, 4.69) is 15.0 Å². The highest BCUT2D eigenvalue weighted by Gasteiger charge is 2.09. The molecule has 0 aliphatic carbocycles. The zero-order valence-corrected chi connectivity index (χ0v) is 11.5. The van der Waals surface area contributed by atoms with Crippen molar-refractivity contribution in [2.24, 2.45) is 10.9 Å².